The Morgan fingerprint density at radius 1 is 1.58 bits per heavy atom. The van der Waals surface area contributed by atoms with E-state index in [-0.39, 0.29) is 18.1 Å². The van der Waals surface area contributed by atoms with E-state index in [0.29, 0.717) is 6.42 Å². The maximum absolute atomic E-state index is 10.5. The summed E-state index contributed by atoms with van der Waals surface area (Å²) in [5, 5.41) is 3.14. The summed E-state index contributed by atoms with van der Waals surface area (Å²) < 4.78 is 5.03. The lowest BCUT2D eigenvalue weighted by Crippen LogP contribution is -2.36. The second kappa shape index (κ2) is 5.97. The van der Waals surface area contributed by atoms with E-state index in [1.54, 1.807) is 7.11 Å². The van der Waals surface area contributed by atoms with Gasteiger partial charge in [-0.1, -0.05) is 0 Å². The standard InChI is InChI=1S/C8H18N2O2/c1-6(4-8(9)11)10-5-7(2)12-3/h6-7,10H,4-5H2,1-3H3,(H2,9,11). The number of nitrogens with two attached hydrogens (primary N) is 1. The molecule has 1 amide bonds. The molecule has 2 unspecified atom stereocenters. The van der Waals surface area contributed by atoms with E-state index in [9.17, 15) is 4.79 Å². The molecule has 0 aromatic carbocycles. The van der Waals surface area contributed by atoms with Crippen molar-refractivity contribution < 1.29 is 9.53 Å². The van der Waals surface area contributed by atoms with Crippen molar-refractivity contribution in [3.05, 3.63) is 0 Å². The van der Waals surface area contributed by atoms with Crippen LogP contribution in [0.1, 0.15) is 20.3 Å². The van der Waals surface area contributed by atoms with E-state index in [2.05, 4.69) is 5.32 Å². The molecule has 0 fully saturated rings. The fourth-order valence-electron chi connectivity index (χ4n) is 0.824. The zero-order valence-electron chi connectivity index (χ0n) is 7.96. The highest BCUT2D eigenvalue weighted by Crippen LogP contribution is 1.91. The van der Waals surface area contributed by atoms with Gasteiger partial charge in [-0.15, -0.1) is 0 Å². The van der Waals surface area contributed by atoms with Crippen LogP contribution < -0.4 is 11.1 Å². The lowest BCUT2D eigenvalue weighted by molar-refractivity contribution is -0.118. The lowest BCUT2D eigenvalue weighted by Gasteiger charge is -2.15. The molecule has 0 saturated heterocycles. The highest BCUT2D eigenvalue weighted by Gasteiger charge is 2.06. The van der Waals surface area contributed by atoms with Gasteiger partial charge in [0.2, 0.25) is 5.91 Å². The minimum Gasteiger partial charge on any atom is -0.380 e. The van der Waals surface area contributed by atoms with Gasteiger partial charge in [0.05, 0.1) is 6.10 Å². The molecule has 0 aliphatic heterocycles. The summed E-state index contributed by atoms with van der Waals surface area (Å²) in [7, 11) is 1.66. The van der Waals surface area contributed by atoms with Crippen molar-refractivity contribution in [3.8, 4) is 0 Å². The monoisotopic (exact) mass is 174 g/mol. The average Bonchev–Trinajstić information content (AvgIpc) is 1.99. The Morgan fingerprint density at radius 3 is 2.58 bits per heavy atom. The van der Waals surface area contributed by atoms with Crippen molar-refractivity contribution in [2.45, 2.75) is 32.4 Å². The van der Waals surface area contributed by atoms with Crippen molar-refractivity contribution in [2.24, 2.45) is 5.73 Å². The zero-order chi connectivity index (χ0) is 9.56. The number of carbonyl (C=O) groups excluding carboxylic acids is 1. The fraction of sp³-hybridized carbons (Fsp3) is 0.875. The van der Waals surface area contributed by atoms with Crippen LogP contribution in [0.2, 0.25) is 0 Å². The summed E-state index contributed by atoms with van der Waals surface area (Å²) in [5.74, 6) is -0.278. The summed E-state index contributed by atoms with van der Waals surface area (Å²) >= 11 is 0. The molecule has 0 aromatic heterocycles. The van der Waals surface area contributed by atoms with Gasteiger partial charge in [0, 0.05) is 26.1 Å². The Labute approximate surface area is 73.5 Å². The lowest BCUT2D eigenvalue weighted by atomic mass is 10.2. The van der Waals surface area contributed by atoms with Crippen LogP contribution in [0.5, 0.6) is 0 Å². The van der Waals surface area contributed by atoms with Gasteiger partial charge in [-0.2, -0.15) is 0 Å². The highest BCUT2D eigenvalue weighted by molar-refractivity contribution is 5.74. The second-order valence-corrected chi connectivity index (χ2v) is 3.03. The van der Waals surface area contributed by atoms with Gasteiger partial charge >= 0.3 is 0 Å². The first kappa shape index (κ1) is 11.4. The topological polar surface area (TPSA) is 64.3 Å². The third-order valence-corrected chi connectivity index (χ3v) is 1.66. The number of hydrogen-bond donors (Lipinski definition) is 2. The summed E-state index contributed by atoms with van der Waals surface area (Å²) in [6.45, 7) is 4.63. The van der Waals surface area contributed by atoms with Crippen LogP contribution in [0.4, 0.5) is 0 Å². The Bertz CT molecular complexity index is 139. The molecule has 0 heterocycles. The molecule has 0 saturated carbocycles. The molecule has 0 rings (SSSR count). The largest absolute Gasteiger partial charge is 0.380 e. The van der Waals surface area contributed by atoms with Crippen LogP contribution >= 0.6 is 0 Å². The number of ether oxygens (including phenoxy) is 1. The molecule has 0 bridgehead atoms. The Kier molecular flexibility index (Phi) is 5.66. The maximum Gasteiger partial charge on any atom is 0.218 e. The third kappa shape index (κ3) is 6.12. The minimum absolute atomic E-state index is 0.125. The molecule has 0 aliphatic rings. The van der Waals surface area contributed by atoms with Gasteiger partial charge in [-0.3, -0.25) is 4.79 Å². The number of amides is 1. The molecule has 12 heavy (non-hydrogen) atoms. The molecule has 72 valence electrons. The van der Waals surface area contributed by atoms with Gasteiger partial charge in [-0.05, 0) is 13.8 Å². The molecule has 0 radical (unpaired) electrons. The van der Waals surface area contributed by atoms with Gasteiger partial charge < -0.3 is 15.8 Å². The van der Waals surface area contributed by atoms with E-state index in [1.807, 2.05) is 13.8 Å². The summed E-state index contributed by atoms with van der Waals surface area (Å²) in [4.78, 5) is 10.5. The first-order valence-electron chi connectivity index (χ1n) is 4.10. The second-order valence-electron chi connectivity index (χ2n) is 3.03. The molecule has 3 N–H and O–H groups in total. The smallest absolute Gasteiger partial charge is 0.218 e. The Balaban J connectivity index is 3.43. The van der Waals surface area contributed by atoms with Crippen LogP contribution in [0.25, 0.3) is 0 Å². The quantitative estimate of drug-likeness (QED) is 0.590. The summed E-state index contributed by atoms with van der Waals surface area (Å²) in [6.07, 6.45) is 0.538. The predicted octanol–water partition coefficient (Wildman–Crippen LogP) is -0.125. The SMILES string of the molecule is COC(C)CNC(C)CC(N)=O. The average molecular weight is 174 g/mol. The first-order valence-corrected chi connectivity index (χ1v) is 4.10. The number of nitrogens with one attached hydrogen (secondary N) is 1. The van der Waals surface area contributed by atoms with Crippen molar-refractivity contribution in [1.29, 1.82) is 0 Å². The van der Waals surface area contributed by atoms with Crippen molar-refractivity contribution in [2.75, 3.05) is 13.7 Å². The Morgan fingerprint density at radius 2 is 2.17 bits per heavy atom. The van der Waals surface area contributed by atoms with Gasteiger partial charge in [-0.25, -0.2) is 0 Å². The van der Waals surface area contributed by atoms with E-state index >= 15 is 0 Å². The van der Waals surface area contributed by atoms with Gasteiger partial charge in [0.1, 0.15) is 0 Å². The van der Waals surface area contributed by atoms with Gasteiger partial charge in [0.25, 0.3) is 0 Å². The molecule has 4 nitrogen and oxygen atoms in total. The fourth-order valence-corrected chi connectivity index (χ4v) is 0.824. The molecule has 4 heteroatoms. The zero-order valence-corrected chi connectivity index (χ0v) is 7.96. The van der Waals surface area contributed by atoms with Crippen LogP contribution in [0.15, 0.2) is 0 Å². The van der Waals surface area contributed by atoms with Crippen LogP contribution in [-0.2, 0) is 9.53 Å². The molecular weight excluding hydrogens is 156 g/mol. The number of rotatable bonds is 6. The van der Waals surface area contributed by atoms with Crippen LogP contribution in [0.3, 0.4) is 0 Å². The van der Waals surface area contributed by atoms with Crippen LogP contribution in [-0.4, -0.2) is 31.7 Å². The van der Waals surface area contributed by atoms with E-state index < -0.39 is 0 Å². The Hall–Kier alpha value is -0.610. The first-order chi connectivity index (χ1) is 5.56. The maximum atomic E-state index is 10.5. The highest BCUT2D eigenvalue weighted by atomic mass is 16.5. The number of hydrogen-bond acceptors (Lipinski definition) is 3. The van der Waals surface area contributed by atoms with Crippen molar-refractivity contribution in [1.82, 2.24) is 5.32 Å². The molecule has 0 spiro atoms. The predicted molar refractivity (Wildman–Crippen MR) is 47.7 cm³/mol. The number of carbonyl (C=O) groups is 1. The van der Waals surface area contributed by atoms with E-state index in [1.165, 1.54) is 0 Å². The summed E-state index contributed by atoms with van der Waals surface area (Å²) in [6, 6.07) is 0.125. The third-order valence-electron chi connectivity index (χ3n) is 1.66. The normalized spacial score (nSPS) is 15.6. The van der Waals surface area contributed by atoms with E-state index in [4.69, 9.17) is 10.5 Å². The molecule has 0 aliphatic carbocycles. The molecule has 2 atom stereocenters. The number of methoxy groups -OCH3 is 1. The molecular formula is C8H18N2O2. The van der Waals surface area contributed by atoms with Crippen molar-refractivity contribution in [3.63, 3.8) is 0 Å². The van der Waals surface area contributed by atoms with Crippen LogP contribution in [0, 0.1) is 0 Å². The minimum atomic E-state index is -0.278. The summed E-state index contributed by atoms with van der Waals surface area (Å²) in [5.41, 5.74) is 5.02. The van der Waals surface area contributed by atoms with E-state index in [0.717, 1.165) is 6.54 Å². The van der Waals surface area contributed by atoms with Crippen molar-refractivity contribution >= 4 is 5.91 Å². The number of primary amides is 1. The molecule has 0 aromatic rings. The van der Waals surface area contributed by atoms with Gasteiger partial charge in [0.15, 0.2) is 0 Å².